The molecule has 1 aromatic heterocycles. The fraction of sp³-hybridized carbons (Fsp3) is 0.133. The zero-order chi connectivity index (χ0) is 15.4. The minimum absolute atomic E-state index is 0.0208. The molecule has 0 fully saturated rings. The first kappa shape index (κ1) is 14.3. The molecular formula is C15H12N2O4. The molecule has 0 aliphatic rings. The summed E-state index contributed by atoms with van der Waals surface area (Å²) >= 11 is 0. The molecule has 0 atom stereocenters. The second-order valence-electron chi connectivity index (χ2n) is 4.37. The van der Waals surface area contributed by atoms with Crippen LogP contribution in [0.3, 0.4) is 0 Å². The van der Waals surface area contributed by atoms with Crippen LogP contribution in [0.15, 0.2) is 35.1 Å². The fourth-order valence-corrected chi connectivity index (χ4v) is 1.90. The van der Waals surface area contributed by atoms with E-state index in [9.17, 15) is 9.59 Å². The van der Waals surface area contributed by atoms with Crippen molar-refractivity contribution in [2.75, 3.05) is 6.61 Å². The van der Waals surface area contributed by atoms with Crippen LogP contribution in [0.25, 0.3) is 11.1 Å². The number of hydrogen-bond donors (Lipinski definition) is 2. The summed E-state index contributed by atoms with van der Waals surface area (Å²) in [6.45, 7) is 1.29. The van der Waals surface area contributed by atoms with E-state index < -0.39 is 18.1 Å². The van der Waals surface area contributed by atoms with Crippen LogP contribution in [0.2, 0.25) is 0 Å². The number of pyridine rings is 1. The summed E-state index contributed by atoms with van der Waals surface area (Å²) in [6.07, 6.45) is 0. The molecule has 1 heterocycles. The fourth-order valence-electron chi connectivity index (χ4n) is 1.90. The van der Waals surface area contributed by atoms with Gasteiger partial charge in [0.1, 0.15) is 17.4 Å². The van der Waals surface area contributed by atoms with Gasteiger partial charge in [0.15, 0.2) is 6.61 Å². The molecule has 0 unspecified atom stereocenters. The Morgan fingerprint density at radius 2 is 2.19 bits per heavy atom. The normalized spacial score (nSPS) is 9.90. The van der Waals surface area contributed by atoms with Crippen molar-refractivity contribution in [2.24, 2.45) is 0 Å². The third-order valence-electron chi connectivity index (χ3n) is 2.87. The molecule has 0 spiro atoms. The standard InChI is InChI=1S/C15H12N2O4/c1-9-13(6-11(7-16)15(20)17-9)10-3-2-4-12(5-10)21-8-14(18)19/h2-6H,8H2,1H3,(H,17,20)(H,18,19). The molecular weight excluding hydrogens is 272 g/mol. The maximum atomic E-state index is 11.5. The molecule has 0 aliphatic heterocycles. The maximum Gasteiger partial charge on any atom is 0.341 e. The van der Waals surface area contributed by atoms with Crippen LogP contribution >= 0.6 is 0 Å². The van der Waals surface area contributed by atoms with E-state index in [4.69, 9.17) is 15.1 Å². The van der Waals surface area contributed by atoms with Crippen molar-refractivity contribution in [1.29, 1.82) is 5.26 Å². The second-order valence-corrected chi connectivity index (χ2v) is 4.37. The van der Waals surface area contributed by atoms with Crippen LogP contribution in [0.5, 0.6) is 5.75 Å². The number of aliphatic carboxylic acids is 1. The van der Waals surface area contributed by atoms with Crippen molar-refractivity contribution >= 4 is 5.97 Å². The summed E-state index contributed by atoms with van der Waals surface area (Å²) < 4.78 is 5.11. The SMILES string of the molecule is Cc1[nH]c(=O)c(C#N)cc1-c1cccc(OCC(=O)O)c1. The van der Waals surface area contributed by atoms with Gasteiger partial charge in [0.2, 0.25) is 0 Å². The molecule has 0 radical (unpaired) electrons. The number of rotatable bonds is 4. The molecule has 0 bridgehead atoms. The number of ether oxygens (including phenoxy) is 1. The quantitative estimate of drug-likeness (QED) is 0.889. The number of aromatic amines is 1. The van der Waals surface area contributed by atoms with E-state index in [0.29, 0.717) is 17.0 Å². The number of aromatic nitrogens is 1. The van der Waals surface area contributed by atoms with Gasteiger partial charge in [0.05, 0.1) is 0 Å². The van der Waals surface area contributed by atoms with Crippen molar-refractivity contribution in [1.82, 2.24) is 4.98 Å². The highest BCUT2D eigenvalue weighted by Gasteiger charge is 2.09. The van der Waals surface area contributed by atoms with Crippen LogP contribution in [0.4, 0.5) is 0 Å². The topological polar surface area (TPSA) is 103 Å². The van der Waals surface area contributed by atoms with Gasteiger partial charge in [-0.25, -0.2) is 4.79 Å². The summed E-state index contributed by atoms with van der Waals surface area (Å²) in [7, 11) is 0. The first-order valence-electron chi connectivity index (χ1n) is 6.10. The lowest BCUT2D eigenvalue weighted by molar-refractivity contribution is -0.139. The van der Waals surface area contributed by atoms with Gasteiger partial charge in [0, 0.05) is 11.3 Å². The highest BCUT2D eigenvalue weighted by Crippen LogP contribution is 2.25. The van der Waals surface area contributed by atoms with Gasteiger partial charge in [-0.2, -0.15) is 5.26 Å². The Labute approximate surface area is 120 Å². The van der Waals surface area contributed by atoms with E-state index in [1.807, 2.05) is 6.07 Å². The number of hydrogen-bond acceptors (Lipinski definition) is 4. The maximum absolute atomic E-state index is 11.5. The lowest BCUT2D eigenvalue weighted by atomic mass is 10.0. The number of H-pyrrole nitrogens is 1. The van der Waals surface area contributed by atoms with Crippen LogP contribution < -0.4 is 10.3 Å². The van der Waals surface area contributed by atoms with Crippen LogP contribution in [0, 0.1) is 18.3 Å². The van der Waals surface area contributed by atoms with Gasteiger partial charge in [-0.3, -0.25) is 4.79 Å². The number of benzene rings is 1. The Hall–Kier alpha value is -3.07. The Bertz CT molecular complexity index is 787. The lowest BCUT2D eigenvalue weighted by Gasteiger charge is -2.09. The molecule has 2 rings (SSSR count). The molecule has 0 saturated heterocycles. The first-order chi connectivity index (χ1) is 10.0. The molecule has 0 aliphatic carbocycles. The summed E-state index contributed by atoms with van der Waals surface area (Å²) in [6, 6.07) is 10.1. The Morgan fingerprint density at radius 1 is 1.43 bits per heavy atom. The minimum Gasteiger partial charge on any atom is -0.482 e. The molecule has 21 heavy (non-hydrogen) atoms. The molecule has 2 aromatic rings. The number of aryl methyl sites for hydroxylation is 1. The van der Waals surface area contributed by atoms with E-state index >= 15 is 0 Å². The Balaban J connectivity index is 2.43. The van der Waals surface area contributed by atoms with Crippen molar-refractivity contribution in [2.45, 2.75) is 6.92 Å². The Morgan fingerprint density at radius 3 is 2.86 bits per heavy atom. The molecule has 0 saturated carbocycles. The van der Waals surface area contributed by atoms with E-state index in [1.165, 1.54) is 6.07 Å². The van der Waals surface area contributed by atoms with E-state index in [0.717, 1.165) is 5.56 Å². The number of nitriles is 1. The number of carboxylic acids is 1. The number of nitrogens with zero attached hydrogens (tertiary/aromatic N) is 1. The van der Waals surface area contributed by atoms with Gasteiger partial charge < -0.3 is 14.8 Å². The largest absolute Gasteiger partial charge is 0.482 e. The van der Waals surface area contributed by atoms with Crippen molar-refractivity contribution in [3.63, 3.8) is 0 Å². The summed E-state index contributed by atoms with van der Waals surface area (Å²) in [5.41, 5.74) is 1.62. The number of nitrogens with one attached hydrogen (secondary N) is 1. The van der Waals surface area contributed by atoms with Gasteiger partial charge in [0.25, 0.3) is 5.56 Å². The zero-order valence-electron chi connectivity index (χ0n) is 11.2. The highest BCUT2D eigenvalue weighted by atomic mass is 16.5. The predicted octanol–water partition coefficient (Wildman–Crippen LogP) is 1.69. The summed E-state index contributed by atoms with van der Waals surface area (Å²) in [5, 5.41) is 17.5. The number of carboxylic acid groups (broad SMARTS) is 1. The monoisotopic (exact) mass is 284 g/mol. The lowest BCUT2D eigenvalue weighted by Crippen LogP contribution is -2.12. The molecule has 2 N–H and O–H groups in total. The van der Waals surface area contributed by atoms with Crippen LogP contribution in [-0.4, -0.2) is 22.7 Å². The van der Waals surface area contributed by atoms with E-state index in [1.54, 1.807) is 31.2 Å². The van der Waals surface area contributed by atoms with Gasteiger partial charge >= 0.3 is 5.97 Å². The number of carbonyl (C=O) groups is 1. The second kappa shape index (κ2) is 5.92. The third kappa shape index (κ3) is 3.28. The minimum atomic E-state index is -1.06. The highest BCUT2D eigenvalue weighted by molar-refractivity contribution is 5.70. The first-order valence-corrected chi connectivity index (χ1v) is 6.10. The average molecular weight is 284 g/mol. The van der Waals surface area contributed by atoms with E-state index in [-0.39, 0.29) is 5.56 Å². The van der Waals surface area contributed by atoms with Crippen LogP contribution in [-0.2, 0) is 4.79 Å². The van der Waals surface area contributed by atoms with Gasteiger partial charge in [-0.15, -0.1) is 0 Å². The predicted molar refractivity (Wildman–Crippen MR) is 75.1 cm³/mol. The Kier molecular flexibility index (Phi) is 4.05. The molecule has 0 amide bonds. The average Bonchev–Trinajstić information content (AvgIpc) is 2.45. The summed E-state index contributed by atoms with van der Waals surface area (Å²) in [4.78, 5) is 24.6. The van der Waals surface area contributed by atoms with E-state index in [2.05, 4.69) is 4.98 Å². The molecule has 1 aromatic carbocycles. The molecule has 6 heteroatoms. The van der Waals surface area contributed by atoms with Crippen LogP contribution in [0.1, 0.15) is 11.3 Å². The zero-order valence-corrected chi connectivity index (χ0v) is 11.2. The van der Waals surface area contributed by atoms with Gasteiger partial charge in [-0.05, 0) is 30.7 Å². The summed E-state index contributed by atoms with van der Waals surface area (Å²) in [5.74, 6) is -0.661. The smallest absolute Gasteiger partial charge is 0.341 e. The van der Waals surface area contributed by atoms with Crippen molar-refractivity contribution in [3.05, 3.63) is 51.9 Å². The van der Waals surface area contributed by atoms with Gasteiger partial charge in [-0.1, -0.05) is 12.1 Å². The molecule has 6 nitrogen and oxygen atoms in total. The van der Waals surface area contributed by atoms with Crippen molar-refractivity contribution in [3.8, 4) is 22.9 Å². The third-order valence-corrected chi connectivity index (χ3v) is 2.87. The van der Waals surface area contributed by atoms with Crippen molar-refractivity contribution < 1.29 is 14.6 Å². The molecule has 106 valence electrons.